The monoisotopic (exact) mass is 424 g/mol. The summed E-state index contributed by atoms with van der Waals surface area (Å²) in [6.45, 7) is 1.63. The number of rotatable bonds is 5. The van der Waals surface area contributed by atoms with Gasteiger partial charge in [-0.1, -0.05) is 23.5 Å². The molecule has 1 fully saturated rings. The Morgan fingerprint density at radius 1 is 1.33 bits per heavy atom. The minimum Gasteiger partial charge on any atom is -0.496 e. The molecule has 3 heterocycles. The molecule has 0 saturated carbocycles. The number of aromatic nitrogens is 2. The maximum atomic E-state index is 13.0. The Kier molecular flexibility index (Phi) is 5.82. The fourth-order valence-electron chi connectivity index (χ4n) is 3.60. The highest BCUT2D eigenvalue weighted by Gasteiger charge is 2.23. The fraction of sp³-hybridized carbons (Fsp3) is 0.286. The number of amides is 1. The number of nitrogens with zero attached hydrogens (tertiary/aromatic N) is 3. The number of nitrogens with one attached hydrogen (secondary N) is 1. The van der Waals surface area contributed by atoms with Crippen molar-refractivity contribution >= 4 is 33.6 Å². The molecule has 1 saturated heterocycles. The van der Waals surface area contributed by atoms with Crippen molar-refractivity contribution in [3.63, 3.8) is 0 Å². The summed E-state index contributed by atoms with van der Waals surface area (Å²) in [5.41, 5.74) is 14.7. The summed E-state index contributed by atoms with van der Waals surface area (Å²) in [5, 5.41) is 3.90. The largest absolute Gasteiger partial charge is 0.496 e. The first-order chi connectivity index (χ1) is 14.6. The van der Waals surface area contributed by atoms with Crippen LogP contribution in [0.3, 0.4) is 0 Å². The van der Waals surface area contributed by atoms with Crippen molar-refractivity contribution in [3.05, 3.63) is 48.4 Å². The molecule has 156 valence electrons. The molecule has 2 aromatic heterocycles. The number of piperidine rings is 1. The first-order valence-corrected chi connectivity index (χ1v) is 10.5. The molecule has 0 radical (unpaired) electrons. The van der Waals surface area contributed by atoms with Gasteiger partial charge in [0.25, 0.3) is 5.91 Å². The number of carbonyl (C=O) groups excluding carboxylic acids is 1. The minimum absolute atomic E-state index is 0.119. The predicted molar refractivity (Wildman–Crippen MR) is 120 cm³/mol. The SMILES string of the molecule is COc1ccccc1-c1nc(C(=O)Nc2cnccc2N2CCC[C@H](N)C2)c(N)s1. The molecule has 8 nitrogen and oxygen atoms in total. The summed E-state index contributed by atoms with van der Waals surface area (Å²) in [6, 6.07) is 9.51. The number of para-hydroxylation sites is 1. The van der Waals surface area contributed by atoms with Gasteiger partial charge < -0.3 is 26.4 Å². The summed E-state index contributed by atoms with van der Waals surface area (Å²) < 4.78 is 5.40. The highest BCUT2D eigenvalue weighted by atomic mass is 32.1. The van der Waals surface area contributed by atoms with Gasteiger partial charge in [0, 0.05) is 25.3 Å². The number of nitrogens with two attached hydrogens (primary N) is 2. The number of ether oxygens (including phenoxy) is 1. The Bertz CT molecular complexity index is 1050. The summed E-state index contributed by atoms with van der Waals surface area (Å²) in [7, 11) is 1.60. The van der Waals surface area contributed by atoms with E-state index in [9.17, 15) is 4.79 Å². The van der Waals surface area contributed by atoms with Gasteiger partial charge in [-0.25, -0.2) is 4.98 Å². The van der Waals surface area contributed by atoms with Gasteiger partial charge in [0.2, 0.25) is 0 Å². The number of methoxy groups -OCH3 is 1. The number of anilines is 3. The zero-order valence-corrected chi connectivity index (χ0v) is 17.5. The molecular weight excluding hydrogens is 400 g/mol. The predicted octanol–water partition coefficient (Wildman–Crippen LogP) is 2.98. The van der Waals surface area contributed by atoms with Gasteiger partial charge in [-0.05, 0) is 31.0 Å². The number of thiazole rings is 1. The maximum Gasteiger partial charge on any atom is 0.277 e. The average molecular weight is 425 g/mol. The molecule has 1 atom stereocenters. The van der Waals surface area contributed by atoms with Gasteiger partial charge in [-0.3, -0.25) is 9.78 Å². The molecule has 4 rings (SSSR count). The van der Waals surface area contributed by atoms with Crippen LogP contribution in [-0.4, -0.2) is 42.1 Å². The number of pyridine rings is 1. The Morgan fingerprint density at radius 3 is 2.97 bits per heavy atom. The van der Waals surface area contributed by atoms with Crippen molar-refractivity contribution in [1.82, 2.24) is 9.97 Å². The zero-order chi connectivity index (χ0) is 21.1. The van der Waals surface area contributed by atoms with E-state index in [4.69, 9.17) is 16.2 Å². The fourth-order valence-corrected chi connectivity index (χ4v) is 4.46. The quantitative estimate of drug-likeness (QED) is 0.576. The summed E-state index contributed by atoms with van der Waals surface area (Å²) >= 11 is 1.25. The topological polar surface area (TPSA) is 119 Å². The molecule has 1 aliphatic heterocycles. The number of hydrogen-bond donors (Lipinski definition) is 3. The van der Waals surface area contributed by atoms with Gasteiger partial charge in [0.1, 0.15) is 15.8 Å². The Balaban J connectivity index is 1.59. The van der Waals surface area contributed by atoms with Crippen LogP contribution in [0.25, 0.3) is 10.6 Å². The second-order valence-corrected chi connectivity index (χ2v) is 8.16. The summed E-state index contributed by atoms with van der Waals surface area (Å²) in [6.07, 6.45) is 5.36. The van der Waals surface area contributed by atoms with Crippen molar-refractivity contribution in [2.45, 2.75) is 18.9 Å². The first-order valence-electron chi connectivity index (χ1n) is 9.72. The highest BCUT2D eigenvalue weighted by molar-refractivity contribution is 7.19. The van der Waals surface area contributed by atoms with E-state index < -0.39 is 0 Å². The third-order valence-corrected chi connectivity index (χ3v) is 5.97. The third kappa shape index (κ3) is 4.07. The van der Waals surface area contributed by atoms with E-state index in [-0.39, 0.29) is 17.6 Å². The zero-order valence-electron chi connectivity index (χ0n) is 16.7. The lowest BCUT2D eigenvalue weighted by Crippen LogP contribution is -2.43. The van der Waals surface area contributed by atoms with E-state index in [1.165, 1.54) is 11.3 Å². The van der Waals surface area contributed by atoms with E-state index in [1.807, 2.05) is 30.3 Å². The van der Waals surface area contributed by atoms with Gasteiger partial charge in [-0.2, -0.15) is 0 Å². The molecule has 3 aromatic rings. The van der Waals surface area contributed by atoms with E-state index in [2.05, 4.69) is 20.2 Å². The maximum absolute atomic E-state index is 13.0. The summed E-state index contributed by atoms with van der Waals surface area (Å²) in [5.74, 6) is 0.301. The molecule has 1 amide bonds. The standard InChI is InChI=1S/C21H24N6O2S/c1-29-17-7-3-2-6-14(17)21-26-18(19(23)30-21)20(28)25-15-11-24-9-8-16(15)27-10-4-5-13(22)12-27/h2-3,6-9,11,13H,4-5,10,12,22-23H2,1H3,(H,25,28)/t13-/m0/s1. The van der Waals surface area contributed by atoms with Crippen LogP contribution in [0.1, 0.15) is 23.3 Å². The molecule has 0 aliphatic carbocycles. The molecule has 0 spiro atoms. The van der Waals surface area contributed by atoms with E-state index in [1.54, 1.807) is 19.5 Å². The van der Waals surface area contributed by atoms with Crippen LogP contribution in [0.15, 0.2) is 42.7 Å². The molecule has 1 aromatic carbocycles. The molecular formula is C21H24N6O2S. The smallest absolute Gasteiger partial charge is 0.277 e. The number of nitrogen functional groups attached to an aromatic ring is 1. The van der Waals surface area contributed by atoms with Gasteiger partial charge >= 0.3 is 0 Å². The van der Waals surface area contributed by atoms with E-state index >= 15 is 0 Å². The molecule has 5 N–H and O–H groups in total. The highest BCUT2D eigenvalue weighted by Crippen LogP contribution is 2.36. The molecule has 1 aliphatic rings. The number of hydrogen-bond acceptors (Lipinski definition) is 8. The van der Waals surface area contributed by atoms with Crippen LogP contribution >= 0.6 is 11.3 Å². The molecule has 9 heteroatoms. The van der Waals surface area contributed by atoms with E-state index in [0.717, 1.165) is 37.2 Å². The number of benzene rings is 1. The average Bonchev–Trinajstić information content (AvgIpc) is 3.15. The van der Waals surface area contributed by atoms with Crippen LogP contribution in [-0.2, 0) is 0 Å². The lowest BCUT2D eigenvalue weighted by molar-refractivity contribution is 0.102. The molecule has 30 heavy (non-hydrogen) atoms. The van der Waals surface area contributed by atoms with Gasteiger partial charge in [0.15, 0.2) is 5.69 Å². The Morgan fingerprint density at radius 2 is 2.17 bits per heavy atom. The lowest BCUT2D eigenvalue weighted by atomic mass is 10.1. The van der Waals surface area contributed by atoms with Crippen molar-refractivity contribution in [2.75, 3.05) is 36.1 Å². The lowest BCUT2D eigenvalue weighted by Gasteiger charge is -2.33. The minimum atomic E-state index is -0.375. The van der Waals surface area contributed by atoms with E-state index in [0.29, 0.717) is 21.4 Å². The van der Waals surface area contributed by atoms with Crippen LogP contribution in [0.2, 0.25) is 0 Å². The second-order valence-electron chi connectivity index (χ2n) is 7.13. The summed E-state index contributed by atoms with van der Waals surface area (Å²) in [4.78, 5) is 23.8. The van der Waals surface area contributed by atoms with Crippen LogP contribution < -0.4 is 26.4 Å². The van der Waals surface area contributed by atoms with Crippen LogP contribution in [0.4, 0.5) is 16.4 Å². The Hall–Kier alpha value is -3.17. The Labute approximate surface area is 178 Å². The van der Waals surface area contributed by atoms with Gasteiger partial charge in [0.05, 0.1) is 30.2 Å². The molecule has 0 unspecified atom stereocenters. The second kappa shape index (κ2) is 8.68. The van der Waals surface area contributed by atoms with Crippen molar-refractivity contribution in [3.8, 4) is 16.3 Å². The molecule has 0 bridgehead atoms. The third-order valence-electron chi connectivity index (χ3n) is 5.05. The van der Waals surface area contributed by atoms with Crippen molar-refractivity contribution in [1.29, 1.82) is 0 Å². The van der Waals surface area contributed by atoms with Crippen LogP contribution in [0, 0.1) is 0 Å². The number of carbonyl (C=O) groups is 1. The van der Waals surface area contributed by atoms with Crippen molar-refractivity contribution < 1.29 is 9.53 Å². The van der Waals surface area contributed by atoms with Crippen LogP contribution in [0.5, 0.6) is 5.75 Å². The normalized spacial score (nSPS) is 16.3. The van der Waals surface area contributed by atoms with Gasteiger partial charge in [-0.15, -0.1) is 0 Å². The first kappa shape index (κ1) is 20.1. The van der Waals surface area contributed by atoms with Crippen molar-refractivity contribution in [2.24, 2.45) is 5.73 Å².